The van der Waals surface area contributed by atoms with E-state index in [2.05, 4.69) is 29.6 Å². The molecule has 0 unspecified atom stereocenters. The molecule has 0 atom stereocenters. The minimum Gasteiger partial charge on any atom is -0.478 e. The summed E-state index contributed by atoms with van der Waals surface area (Å²) in [5.41, 5.74) is 3.43. The third kappa shape index (κ3) is 11.8. The van der Waals surface area contributed by atoms with Crippen LogP contribution in [0.5, 0.6) is 0 Å². The Labute approximate surface area is 213 Å². The number of nitrogens with one attached hydrogen (secondary N) is 1. The average molecular weight is 514 g/mol. The van der Waals surface area contributed by atoms with Gasteiger partial charge in [0.1, 0.15) is 11.6 Å². The number of carboxylic acids is 2. The Morgan fingerprint density at radius 1 is 0.778 bits per heavy atom. The third-order valence-corrected chi connectivity index (χ3v) is 6.26. The molecule has 8 heteroatoms. The Bertz CT molecular complexity index is 1030. The first kappa shape index (κ1) is 28.7. The highest BCUT2D eigenvalue weighted by atomic mass is 32.2. The smallest absolute Gasteiger partial charge is 0.328 e. The van der Waals surface area contributed by atoms with Crippen molar-refractivity contribution in [3.63, 3.8) is 0 Å². The van der Waals surface area contributed by atoms with Gasteiger partial charge in [0.2, 0.25) is 0 Å². The second-order valence-corrected chi connectivity index (χ2v) is 8.92. The first-order chi connectivity index (χ1) is 17.3. The van der Waals surface area contributed by atoms with Gasteiger partial charge < -0.3 is 15.5 Å². The number of hydrogen-bond acceptors (Lipinski definition) is 4. The zero-order valence-corrected chi connectivity index (χ0v) is 20.5. The molecule has 0 aromatic heterocycles. The number of aliphatic carboxylic acids is 2. The van der Waals surface area contributed by atoms with E-state index in [1.165, 1.54) is 29.8 Å². The Hall–Kier alpha value is -3.49. The highest BCUT2D eigenvalue weighted by Gasteiger charge is 2.15. The van der Waals surface area contributed by atoms with Gasteiger partial charge in [-0.3, -0.25) is 0 Å². The average Bonchev–Trinajstić information content (AvgIpc) is 2.87. The lowest BCUT2D eigenvalue weighted by Gasteiger charge is -2.18. The maximum atomic E-state index is 13.3. The molecule has 3 N–H and O–H groups in total. The topological polar surface area (TPSA) is 86.6 Å². The molecule has 0 radical (unpaired) electrons. The summed E-state index contributed by atoms with van der Waals surface area (Å²) in [4.78, 5) is 19.1. The van der Waals surface area contributed by atoms with E-state index >= 15 is 0 Å². The Morgan fingerprint density at radius 2 is 1.28 bits per heavy atom. The maximum Gasteiger partial charge on any atom is 0.328 e. The number of carbonyl (C=O) groups is 2. The van der Waals surface area contributed by atoms with E-state index in [0.717, 1.165) is 42.8 Å². The van der Waals surface area contributed by atoms with Crippen LogP contribution in [-0.4, -0.2) is 41.0 Å². The molecular weight excluding hydrogens is 484 g/mol. The van der Waals surface area contributed by atoms with Crippen molar-refractivity contribution in [3.8, 4) is 0 Å². The molecule has 0 aliphatic carbocycles. The second kappa shape index (κ2) is 16.2. The van der Waals surface area contributed by atoms with Crippen LogP contribution in [0.15, 0.2) is 91.0 Å². The minimum absolute atomic E-state index is 0.0623. The number of thioether (sulfide) groups is 1. The molecule has 0 amide bonds. The van der Waals surface area contributed by atoms with Crippen LogP contribution in [0.1, 0.15) is 28.4 Å². The number of carboxylic acid groups (broad SMARTS) is 2. The number of halogens is 2. The van der Waals surface area contributed by atoms with E-state index in [4.69, 9.17) is 10.2 Å². The van der Waals surface area contributed by atoms with Gasteiger partial charge in [0.05, 0.1) is 5.25 Å². The zero-order chi connectivity index (χ0) is 26.2. The van der Waals surface area contributed by atoms with Crippen molar-refractivity contribution in [2.24, 2.45) is 0 Å². The van der Waals surface area contributed by atoms with Crippen molar-refractivity contribution < 1.29 is 28.6 Å². The molecule has 0 spiro atoms. The molecule has 3 rings (SSSR count). The molecule has 0 aliphatic heterocycles. The predicted molar refractivity (Wildman–Crippen MR) is 139 cm³/mol. The lowest BCUT2D eigenvalue weighted by atomic mass is 10.0. The Balaban J connectivity index is 0.000000493. The van der Waals surface area contributed by atoms with Crippen LogP contribution < -0.4 is 5.32 Å². The molecule has 0 heterocycles. The molecule has 0 saturated heterocycles. The van der Waals surface area contributed by atoms with Gasteiger partial charge in [-0.25, -0.2) is 18.4 Å². The van der Waals surface area contributed by atoms with Gasteiger partial charge in [-0.1, -0.05) is 54.6 Å². The normalized spacial score (nSPS) is 10.8. The molecule has 36 heavy (non-hydrogen) atoms. The summed E-state index contributed by atoms with van der Waals surface area (Å²) in [6.07, 6.45) is 3.30. The van der Waals surface area contributed by atoms with Crippen LogP contribution >= 0.6 is 11.8 Å². The van der Waals surface area contributed by atoms with E-state index in [1.807, 2.05) is 30.3 Å². The third-order valence-electron chi connectivity index (χ3n) is 4.94. The fraction of sp³-hybridized carbons (Fsp3) is 0.214. The van der Waals surface area contributed by atoms with Crippen LogP contribution in [0.2, 0.25) is 0 Å². The molecule has 5 nitrogen and oxygen atoms in total. The number of rotatable bonds is 12. The number of aryl methyl sites for hydroxylation is 1. The molecule has 3 aromatic carbocycles. The van der Waals surface area contributed by atoms with Gasteiger partial charge in [0.25, 0.3) is 0 Å². The SMILES string of the molecule is Fc1ccc(C(SCCNCCCc2ccccc2)c2ccc(F)cc2)cc1.O=C(O)/C=C\C(=O)O. The van der Waals surface area contributed by atoms with E-state index in [1.54, 1.807) is 11.8 Å². The maximum absolute atomic E-state index is 13.3. The summed E-state index contributed by atoms with van der Waals surface area (Å²) >= 11 is 1.79. The first-order valence-corrected chi connectivity index (χ1v) is 12.4. The number of hydrogen-bond donors (Lipinski definition) is 3. The molecule has 3 aromatic rings. The van der Waals surface area contributed by atoms with Crippen molar-refractivity contribution in [1.82, 2.24) is 5.32 Å². The summed E-state index contributed by atoms with van der Waals surface area (Å²) in [6, 6.07) is 23.7. The van der Waals surface area contributed by atoms with Gasteiger partial charge in [-0.05, 0) is 60.3 Å². The second-order valence-electron chi connectivity index (χ2n) is 7.70. The molecule has 0 saturated carbocycles. The van der Waals surface area contributed by atoms with Gasteiger partial charge in [-0.15, -0.1) is 11.8 Å². The summed E-state index contributed by atoms with van der Waals surface area (Å²) in [5, 5.41) is 19.2. The largest absolute Gasteiger partial charge is 0.478 e. The zero-order valence-electron chi connectivity index (χ0n) is 19.6. The van der Waals surface area contributed by atoms with Crippen LogP contribution in [-0.2, 0) is 16.0 Å². The van der Waals surface area contributed by atoms with Crippen LogP contribution in [0.3, 0.4) is 0 Å². The highest BCUT2D eigenvalue weighted by molar-refractivity contribution is 7.99. The Morgan fingerprint density at radius 3 is 1.75 bits per heavy atom. The Kier molecular flexibility index (Phi) is 13.0. The molecule has 0 aliphatic rings. The van der Waals surface area contributed by atoms with Crippen molar-refractivity contribution in [3.05, 3.63) is 119 Å². The van der Waals surface area contributed by atoms with Crippen LogP contribution in [0, 0.1) is 11.6 Å². The lowest BCUT2D eigenvalue weighted by Crippen LogP contribution is -2.19. The van der Waals surface area contributed by atoms with Gasteiger partial charge in [0, 0.05) is 24.4 Å². The molecule has 190 valence electrons. The van der Waals surface area contributed by atoms with Gasteiger partial charge >= 0.3 is 11.9 Å². The van der Waals surface area contributed by atoms with E-state index < -0.39 is 11.9 Å². The van der Waals surface area contributed by atoms with Crippen LogP contribution in [0.25, 0.3) is 0 Å². The highest BCUT2D eigenvalue weighted by Crippen LogP contribution is 2.35. The predicted octanol–water partition coefficient (Wildman–Crippen LogP) is 5.72. The van der Waals surface area contributed by atoms with E-state index in [9.17, 15) is 18.4 Å². The fourth-order valence-corrected chi connectivity index (χ4v) is 4.44. The van der Waals surface area contributed by atoms with Crippen molar-refractivity contribution in [2.75, 3.05) is 18.8 Å². The molecule has 0 fully saturated rings. The molecule has 0 bridgehead atoms. The fourth-order valence-electron chi connectivity index (χ4n) is 3.24. The summed E-state index contributed by atoms with van der Waals surface area (Å²) in [5.74, 6) is -2.08. The minimum atomic E-state index is -1.26. The van der Waals surface area contributed by atoms with E-state index in [-0.39, 0.29) is 16.9 Å². The summed E-state index contributed by atoms with van der Waals surface area (Å²) in [7, 11) is 0. The lowest BCUT2D eigenvalue weighted by molar-refractivity contribution is -0.134. The summed E-state index contributed by atoms with van der Waals surface area (Å²) in [6.45, 7) is 1.88. The van der Waals surface area contributed by atoms with Crippen LogP contribution in [0.4, 0.5) is 8.78 Å². The van der Waals surface area contributed by atoms with Crippen molar-refractivity contribution in [2.45, 2.75) is 18.1 Å². The van der Waals surface area contributed by atoms with Crippen molar-refractivity contribution in [1.29, 1.82) is 0 Å². The standard InChI is InChI=1S/C24H25F2NS.C4H4O4/c25-22-12-8-20(9-13-22)24(21-10-14-23(26)15-11-21)28-18-17-27-16-4-7-19-5-2-1-3-6-19;5-3(6)1-2-4(7)8/h1-3,5-6,8-15,24,27H,4,7,16-18H2;1-2H,(H,5,6)(H,7,8)/b;2-1-. The summed E-state index contributed by atoms with van der Waals surface area (Å²) < 4.78 is 26.6. The van der Waals surface area contributed by atoms with Gasteiger partial charge in [0.15, 0.2) is 0 Å². The number of benzene rings is 3. The van der Waals surface area contributed by atoms with E-state index in [0.29, 0.717) is 12.2 Å². The monoisotopic (exact) mass is 513 g/mol. The van der Waals surface area contributed by atoms with Gasteiger partial charge in [-0.2, -0.15) is 0 Å². The van der Waals surface area contributed by atoms with Crippen molar-refractivity contribution >= 4 is 23.7 Å². The quantitative estimate of drug-likeness (QED) is 0.212. The molecular formula is C28H29F2NO4S. The first-order valence-electron chi connectivity index (χ1n) is 11.4.